The van der Waals surface area contributed by atoms with Gasteiger partial charge in [0.2, 0.25) is 5.91 Å². The topological polar surface area (TPSA) is 65.8 Å². The Morgan fingerprint density at radius 2 is 1.74 bits per heavy atom. The molecule has 174 valence electrons. The molecule has 2 heterocycles. The van der Waals surface area contributed by atoms with Crippen LogP contribution in [0, 0.1) is 0 Å². The van der Waals surface area contributed by atoms with Gasteiger partial charge in [-0.05, 0) is 36.4 Å². The number of benzene rings is 3. The van der Waals surface area contributed by atoms with E-state index in [0.29, 0.717) is 31.9 Å². The molecule has 3 aromatic carbocycles. The number of amides is 1. The summed E-state index contributed by atoms with van der Waals surface area (Å²) in [5.74, 6) is 3.15. The van der Waals surface area contributed by atoms with Crippen molar-refractivity contribution in [3.8, 4) is 17.2 Å². The molecule has 0 saturated carbocycles. The fourth-order valence-corrected chi connectivity index (χ4v) is 4.55. The van der Waals surface area contributed by atoms with Crippen molar-refractivity contribution in [3.05, 3.63) is 78.6 Å². The van der Waals surface area contributed by atoms with E-state index in [9.17, 15) is 4.79 Å². The fourth-order valence-electron chi connectivity index (χ4n) is 4.55. The number of nitrogens with zero attached hydrogens (tertiary/aromatic N) is 3. The van der Waals surface area contributed by atoms with Crippen LogP contribution in [0.4, 0.5) is 5.69 Å². The van der Waals surface area contributed by atoms with Crippen molar-refractivity contribution >= 4 is 22.6 Å². The lowest BCUT2D eigenvalue weighted by molar-refractivity contribution is -0.117. The van der Waals surface area contributed by atoms with E-state index in [2.05, 4.69) is 10.6 Å². The minimum atomic E-state index is -0.0263. The maximum atomic E-state index is 13.0. The Morgan fingerprint density at radius 1 is 0.941 bits per heavy atom. The summed E-state index contributed by atoms with van der Waals surface area (Å²) in [4.78, 5) is 19.7. The standard InChI is InChI=1S/C27H27N3O4/c1-32-20-8-7-9-21(17-20)34-15-14-29-23-11-4-3-10-22(23)28-27(29)19-16-26(31)30(18-19)24-12-5-6-13-25(24)33-2/h3-13,17,19H,14-16,18H2,1-2H3. The molecule has 0 bridgehead atoms. The lowest BCUT2D eigenvalue weighted by atomic mass is 10.1. The molecule has 34 heavy (non-hydrogen) atoms. The molecular weight excluding hydrogens is 430 g/mol. The fraction of sp³-hybridized carbons (Fsp3) is 0.259. The molecule has 1 unspecified atom stereocenters. The maximum Gasteiger partial charge on any atom is 0.227 e. The van der Waals surface area contributed by atoms with Crippen LogP contribution < -0.4 is 19.1 Å². The van der Waals surface area contributed by atoms with Crippen LogP contribution in [0.2, 0.25) is 0 Å². The SMILES string of the molecule is COc1cccc(OCCn2c(C3CC(=O)N(c4ccccc4OC)C3)nc3ccccc32)c1. The Labute approximate surface area is 198 Å². The molecule has 4 aromatic rings. The van der Waals surface area contributed by atoms with Gasteiger partial charge in [-0.2, -0.15) is 0 Å². The third kappa shape index (κ3) is 4.17. The monoisotopic (exact) mass is 457 g/mol. The number of ether oxygens (including phenoxy) is 3. The summed E-state index contributed by atoms with van der Waals surface area (Å²) in [6.45, 7) is 1.64. The molecule has 1 aromatic heterocycles. The van der Waals surface area contributed by atoms with Gasteiger partial charge in [-0.1, -0.05) is 30.3 Å². The number of rotatable bonds is 8. The van der Waals surface area contributed by atoms with Crippen molar-refractivity contribution in [1.29, 1.82) is 0 Å². The first kappa shape index (κ1) is 21.8. The molecule has 1 amide bonds. The van der Waals surface area contributed by atoms with Crippen LogP contribution >= 0.6 is 0 Å². The van der Waals surface area contributed by atoms with E-state index in [4.69, 9.17) is 19.2 Å². The number of aromatic nitrogens is 2. The van der Waals surface area contributed by atoms with Crippen molar-refractivity contribution in [1.82, 2.24) is 9.55 Å². The zero-order valence-corrected chi connectivity index (χ0v) is 19.3. The molecule has 0 N–H and O–H groups in total. The van der Waals surface area contributed by atoms with Crippen LogP contribution in [0.15, 0.2) is 72.8 Å². The molecular formula is C27H27N3O4. The van der Waals surface area contributed by atoms with Gasteiger partial charge in [-0.3, -0.25) is 4.79 Å². The molecule has 0 spiro atoms. The molecule has 1 atom stereocenters. The van der Waals surface area contributed by atoms with Crippen molar-refractivity contribution in [2.45, 2.75) is 18.9 Å². The van der Waals surface area contributed by atoms with Gasteiger partial charge in [0.15, 0.2) is 0 Å². The summed E-state index contributed by atoms with van der Waals surface area (Å²) in [6, 6.07) is 23.3. The molecule has 0 radical (unpaired) electrons. The Morgan fingerprint density at radius 3 is 2.59 bits per heavy atom. The zero-order valence-electron chi connectivity index (χ0n) is 19.3. The first-order valence-electron chi connectivity index (χ1n) is 11.3. The van der Waals surface area contributed by atoms with Gasteiger partial charge in [-0.15, -0.1) is 0 Å². The lowest BCUT2D eigenvalue weighted by Gasteiger charge is -2.20. The van der Waals surface area contributed by atoms with Crippen LogP contribution in [0.5, 0.6) is 17.2 Å². The number of hydrogen-bond donors (Lipinski definition) is 0. The van der Waals surface area contributed by atoms with E-state index >= 15 is 0 Å². The van der Waals surface area contributed by atoms with E-state index in [0.717, 1.165) is 34.0 Å². The van der Waals surface area contributed by atoms with E-state index in [1.165, 1.54) is 0 Å². The van der Waals surface area contributed by atoms with Crippen molar-refractivity contribution in [3.63, 3.8) is 0 Å². The number of carbonyl (C=O) groups is 1. The minimum absolute atomic E-state index is 0.0263. The van der Waals surface area contributed by atoms with Gasteiger partial charge in [0.05, 0.1) is 37.5 Å². The van der Waals surface area contributed by atoms with Gasteiger partial charge >= 0.3 is 0 Å². The van der Waals surface area contributed by atoms with Gasteiger partial charge < -0.3 is 23.7 Å². The van der Waals surface area contributed by atoms with E-state index < -0.39 is 0 Å². The lowest BCUT2D eigenvalue weighted by Crippen LogP contribution is -2.25. The number of anilines is 1. The van der Waals surface area contributed by atoms with Crippen molar-refractivity contribution in [2.24, 2.45) is 0 Å². The number of methoxy groups -OCH3 is 2. The maximum absolute atomic E-state index is 13.0. The predicted octanol–water partition coefficient (Wildman–Crippen LogP) is 4.65. The second kappa shape index (κ2) is 9.47. The number of fused-ring (bicyclic) bond motifs is 1. The summed E-state index contributed by atoms with van der Waals surface area (Å²) in [6.07, 6.45) is 0.401. The molecule has 7 nitrogen and oxygen atoms in total. The number of carbonyl (C=O) groups excluding carboxylic acids is 1. The van der Waals surface area contributed by atoms with E-state index in [1.54, 1.807) is 19.1 Å². The quantitative estimate of drug-likeness (QED) is 0.385. The predicted molar refractivity (Wildman–Crippen MR) is 131 cm³/mol. The highest BCUT2D eigenvalue weighted by Gasteiger charge is 2.35. The van der Waals surface area contributed by atoms with Gasteiger partial charge in [0.25, 0.3) is 0 Å². The molecule has 1 fully saturated rings. The third-order valence-corrected chi connectivity index (χ3v) is 6.18. The van der Waals surface area contributed by atoms with E-state index in [-0.39, 0.29) is 11.8 Å². The van der Waals surface area contributed by atoms with E-state index in [1.807, 2.05) is 66.7 Å². The summed E-state index contributed by atoms with van der Waals surface area (Å²) in [7, 11) is 3.26. The number of hydrogen-bond acceptors (Lipinski definition) is 5. The average Bonchev–Trinajstić information content (AvgIpc) is 3.44. The first-order valence-corrected chi connectivity index (χ1v) is 11.3. The third-order valence-electron chi connectivity index (χ3n) is 6.18. The Kier molecular flexibility index (Phi) is 6.08. The smallest absolute Gasteiger partial charge is 0.227 e. The number of para-hydroxylation sites is 4. The highest BCUT2D eigenvalue weighted by atomic mass is 16.5. The first-order chi connectivity index (χ1) is 16.7. The molecule has 1 saturated heterocycles. The Hall–Kier alpha value is -4.00. The summed E-state index contributed by atoms with van der Waals surface area (Å²) in [5.41, 5.74) is 2.75. The summed E-state index contributed by atoms with van der Waals surface area (Å²) >= 11 is 0. The second-order valence-electron chi connectivity index (χ2n) is 8.22. The van der Waals surface area contributed by atoms with Crippen molar-refractivity contribution < 1.29 is 19.0 Å². The van der Waals surface area contributed by atoms with Crippen LogP contribution in [-0.4, -0.2) is 42.8 Å². The summed E-state index contributed by atoms with van der Waals surface area (Å²) < 4.78 is 19.0. The Balaban J connectivity index is 1.40. The normalized spacial score (nSPS) is 15.6. The van der Waals surface area contributed by atoms with Crippen LogP contribution in [0.3, 0.4) is 0 Å². The average molecular weight is 458 g/mol. The van der Waals surface area contributed by atoms with Crippen molar-refractivity contribution in [2.75, 3.05) is 32.3 Å². The summed E-state index contributed by atoms with van der Waals surface area (Å²) in [5, 5.41) is 0. The molecule has 1 aliphatic heterocycles. The highest BCUT2D eigenvalue weighted by molar-refractivity contribution is 5.97. The molecule has 7 heteroatoms. The highest BCUT2D eigenvalue weighted by Crippen LogP contribution is 2.37. The van der Waals surface area contributed by atoms with Gasteiger partial charge in [0.1, 0.15) is 29.7 Å². The molecule has 1 aliphatic rings. The molecule has 0 aliphatic carbocycles. The Bertz CT molecular complexity index is 1320. The second-order valence-corrected chi connectivity index (χ2v) is 8.22. The molecule has 5 rings (SSSR count). The van der Waals surface area contributed by atoms with Crippen LogP contribution in [0.1, 0.15) is 18.2 Å². The van der Waals surface area contributed by atoms with Gasteiger partial charge in [-0.25, -0.2) is 4.98 Å². The van der Waals surface area contributed by atoms with Crippen LogP contribution in [0.25, 0.3) is 11.0 Å². The largest absolute Gasteiger partial charge is 0.497 e. The minimum Gasteiger partial charge on any atom is -0.497 e. The van der Waals surface area contributed by atoms with Gasteiger partial charge in [0, 0.05) is 24.9 Å². The zero-order chi connectivity index (χ0) is 23.5. The number of imidazole rings is 1. The van der Waals surface area contributed by atoms with Crippen LogP contribution in [-0.2, 0) is 11.3 Å².